The Labute approximate surface area is 115 Å². The molecule has 3 nitrogen and oxygen atoms in total. The van der Waals surface area contributed by atoms with Gasteiger partial charge in [-0.1, -0.05) is 6.07 Å². The molecule has 0 bridgehead atoms. The van der Waals surface area contributed by atoms with Crippen LogP contribution in [0.25, 0.3) is 0 Å². The van der Waals surface area contributed by atoms with Crippen LogP contribution in [0.5, 0.6) is 0 Å². The van der Waals surface area contributed by atoms with Crippen LogP contribution in [0, 0.1) is 0 Å². The third kappa shape index (κ3) is 3.96. The monoisotopic (exact) mass is 286 g/mol. The van der Waals surface area contributed by atoms with E-state index in [1.807, 2.05) is 0 Å². The third-order valence-corrected chi connectivity index (χ3v) is 3.36. The second-order valence-corrected chi connectivity index (χ2v) is 4.93. The molecule has 1 aliphatic heterocycles. The van der Waals surface area contributed by atoms with Crippen molar-refractivity contribution in [2.24, 2.45) is 0 Å². The highest BCUT2D eigenvalue weighted by atomic mass is 19.4. The van der Waals surface area contributed by atoms with Gasteiger partial charge in [0, 0.05) is 11.6 Å². The molecule has 1 fully saturated rings. The van der Waals surface area contributed by atoms with Gasteiger partial charge in [-0.2, -0.15) is 13.2 Å². The van der Waals surface area contributed by atoms with Crippen LogP contribution in [0.2, 0.25) is 0 Å². The maximum Gasteiger partial charge on any atom is 0.416 e. The zero-order valence-corrected chi connectivity index (χ0v) is 11.0. The minimum Gasteiger partial charge on any atom is -0.349 e. The van der Waals surface area contributed by atoms with Crippen molar-refractivity contribution in [3.63, 3.8) is 0 Å². The molecule has 1 aliphatic rings. The molecular formula is C14H17F3N2O. The largest absolute Gasteiger partial charge is 0.416 e. The van der Waals surface area contributed by atoms with E-state index in [2.05, 4.69) is 10.6 Å². The molecule has 20 heavy (non-hydrogen) atoms. The highest BCUT2D eigenvalue weighted by molar-refractivity contribution is 5.94. The Balaban J connectivity index is 2.05. The molecule has 0 aliphatic carbocycles. The summed E-state index contributed by atoms with van der Waals surface area (Å²) < 4.78 is 37.8. The number of hydrogen-bond acceptors (Lipinski definition) is 2. The molecule has 1 saturated heterocycles. The predicted octanol–water partition coefficient (Wildman–Crippen LogP) is 2.58. The minimum atomic E-state index is -4.43. The molecule has 110 valence electrons. The fraction of sp³-hybridized carbons (Fsp3) is 0.500. The summed E-state index contributed by atoms with van der Waals surface area (Å²) in [5.74, 6) is -0.442. The molecule has 0 radical (unpaired) electrons. The molecule has 1 atom stereocenters. The topological polar surface area (TPSA) is 41.1 Å². The second-order valence-electron chi connectivity index (χ2n) is 4.93. The first-order chi connectivity index (χ1) is 9.47. The van der Waals surface area contributed by atoms with Gasteiger partial charge in [-0.15, -0.1) is 0 Å². The van der Waals surface area contributed by atoms with E-state index in [4.69, 9.17) is 0 Å². The number of carbonyl (C=O) groups is 1. The van der Waals surface area contributed by atoms with Gasteiger partial charge in [0.25, 0.3) is 5.91 Å². The molecule has 1 unspecified atom stereocenters. The van der Waals surface area contributed by atoms with Gasteiger partial charge < -0.3 is 10.6 Å². The summed E-state index contributed by atoms with van der Waals surface area (Å²) >= 11 is 0. The Bertz CT molecular complexity index is 466. The van der Waals surface area contributed by atoms with Crippen LogP contribution in [0.15, 0.2) is 24.3 Å². The fourth-order valence-electron chi connectivity index (χ4n) is 2.27. The summed E-state index contributed by atoms with van der Waals surface area (Å²) in [6.07, 6.45) is -1.83. The van der Waals surface area contributed by atoms with Gasteiger partial charge >= 0.3 is 6.18 Å². The summed E-state index contributed by atoms with van der Waals surface area (Å²) in [4.78, 5) is 12.0. The van der Waals surface area contributed by atoms with Crippen LogP contribution >= 0.6 is 0 Å². The standard InChI is InChI=1S/C14H17F3N2O/c15-14(16,17)11-4-1-3-10(9-11)13(20)19-12-5-2-7-18-8-6-12/h1,3-4,9,12,18H,2,5-8H2,(H,19,20). The number of nitrogens with one attached hydrogen (secondary N) is 2. The lowest BCUT2D eigenvalue weighted by Crippen LogP contribution is -2.35. The number of alkyl halides is 3. The predicted molar refractivity (Wildman–Crippen MR) is 69.4 cm³/mol. The lowest BCUT2D eigenvalue weighted by atomic mass is 10.1. The zero-order valence-electron chi connectivity index (χ0n) is 11.0. The summed E-state index contributed by atoms with van der Waals surface area (Å²) in [6, 6.07) is 4.54. The highest BCUT2D eigenvalue weighted by Crippen LogP contribution is 2.29. The van der Waals surface area contributed by atoms with Crippen molar-refractivity contribution in [3.05, 3.63) is 35.4 Å². The lowest BCUT2D eigenvalue weighted by molar-refractivity contribution is -0.137. The molecule has 1 aromatic carbocycles. The molecule has 0 spiro atoms. The summed E-state index contributed by atoms with van der Waals surface area (Å²) in [5.41, 5.74) is -0.746. The van der Waals surface area contributed by atoms with Crippen LogP contribution in [-0.4, -0.2) is 25.0 Å². The minimum absolute atomic E-state index is 0.0204. The van der Waals surface area contributed by atoms with Crippen molar-refractivity contribution in [3.8, 4) is 0 Å². The van der Waals surface area contributed by atoms with E-state index in [0.29, 0.717) is 0 Å². The highest BCUT2D eigenvalue weighted by Gasteiger charge is 2.31. The van der Waals surface area contributed by atoms with Crippen molar-refractivity contribution in [1.29, 1.82) is 0 Å². The average Bonchev–Trinajstić information content (AvgIpc) is 2.66. The van der Waals surface area contributed by atoms with Gasteiger partial charge in [0.2, 0.25) is 0 Å². The van der Waals surface area contributed by atoms with E-state index in [0.717, 1.165) is 44.5 Å². The molecule has 1 amide bonds. The molecule has 2 N–H and O–H groups in total. The first-order valence-electron chi connectivity index (χ1n) is 6.65. The van der Waals surface area contributed by atoms with Crippen LogP contribution in [0.3, 0.4) is 0 Å². The van der Waals surface area contributed by atoms with Gasteiger partial charge in [0.05, 0.1) is 5.56 Å². The summed E-state index contributed by atoms with van der Waals surface area (Å²) in [5, 5.41) is 6.03. The Morgan fingerprint density at radius 2 is 2.05 bits per heavy atom. The van der Waals surface area contributed by atoms with Gasteiger partial charge in [-0.05, 0) is 50.6 Å². The number of rotatable bonds is 2. The lowest BCUT2D eigenvalue weighted by Gasteiger charge is -2.16. The van der Waals surface area contributed by atoms with Crippen molar-refractivity contribution < 1.29 is 18.0 Å². The van der Waals surface area contributed by atoms with Crippen molar-refractivity contribution >= 4 is 5.91 Å². The quantitative estimate of drug-likeness (QED) is 0.877. The normalized spacial score (nSPS) is 20.2. The number of halogens is 3. The number of amides is 1. The second kappa shape index (κ2) is 6.26. The van der Waals surface area contributed by atoms with E-state index in [1.165, 1.54) is 12.1 Å². The molecule has 2 rings (SSSR count). The van der Waals surface area contributed by atoms with Crippen molar-refractivity contribution in [1.82, 2.24) is 10.6 Å². The van der Waals surface area contributed by atoms with Crippen LogP contribution in [-0.2, 0) is 6.18 Å². The average molecular weight is 286 g/mol. The fourth-order valence-corrected chi connectivity index (χ4v) is 2.27. The van der Waals surface area contributed by atoms with Gasteiger partial charge in [-0.25, -0.2) is 0 Å². The van der Waals surface area contributed by atoms with Gasteiger partial charge in [-0.3, -0.25) is 4.79 Å². The van der Waals surface area contributed by atoms with Crippen molar-refractivity contribution in [2.75, 3.05) is 13.1 Å². The first kappa shape index (κ1) is 14.8. The van der Waals surface area contributed by atoms with Crippen LogP contribution in [0.4, 0.5) is 13.2 Å². The van der Waals surface area contributed by atoms with E-state index >= 15 is 0 Å². The number of benzene rings is 1. The van der Waals surface area contributed by atoms with Crippen molar-refractivity contribution in [2.45, 2.75) is 31.5 Å². The summed E-state index contributed by atoms with van der Waals surface area (Å²) in [7, 11) is 0. The number of carbonyl (C=O) groups excluding carboxylic acids is 1. The van der Waals surface area contributed by atoms with E-state index in [1.54, 1.807) is 0 Å². The maximum atomic E-state index is 12.6. The molecule has 6 heteroatoms. The van der Waals surface area contributed by atoms with E-state index in [-0.39, 0.29) is 11.6 Å². The maximum absolute atomic E-state index is 12.6. The number of hydrogen-bond donors (Lipinski definition) is 2. The van der Waals surface area contributed by atoms with Crippen LogP contribution < -0.4 is 10.6 Å². The molecule has 0 saturated carbocycles. The first-order valence-corrected chi connectivity index (χ1v) is 6.65. The Morgan fingerprint density at radius 1 is 1.25 bits per heavy atom. The Kier molecular flexibility index (Phi) is 4.65. The van der Waals surface area contributed by atoms with Gasteiger partial charge in [0.1, 0.15) is 0 Å². The zero-order chi connectivity index (χ0) is 14.6. The van der Waals surface area contributed by atoms with Crippen LogP contribution in [0.1, 0.15) is 35.2 Å². The SMILES string of the molecule is O=C(NC1CCCNCC1)c1cccc(C(F)(F)F)c1. The Morgan fingerprint density at radius 3 is 2.80 bits per heavy atom. The third-order valence-electron chi connectivity index (χ3n) is 3.36. The molecular weight excluding hydrogens is 269 g/mol. The molecule has 1 heterocycles. The molecule has 0 aromatic heterocycles. The van der Waals surface area contributed by atoms with E-state index < -0.39 is 17.6 Å². The van der Waals surface area contributed by atoms with Gasteiger partial charge in [0.15, 0.2) is 0 Å². The Hall–Kier alpha value is -1.56. The smallest absolute Gasteiger partial charge is 0.349 e. The van der Waals surface area contributed by atoms with E-state index in [9.17, 15) is 18.0 Å². The summed E-state index contributed by atoms with van der Waals surface area (Å²) in [6.45, 7) is 1.73. The molecule has 1 aromatic rings.